The molecule has 0 spiro atoms. The molecule has 1 heterocycles. The SMILES string of the molecule is Cc1c(C(=O)O)[nH]c2c(C)c(Cl)ccc12. The van der Waals surface area contributed by atoms with Crippen LogP contribution in [0.4, 0.5) is 0 Å². The molecule has 0 saturated carbocycles. The van der Waals surface area contributed by atoms with E-state index in [1.54, 1.807) is 13.0 Å². The number of carbonyl (C=O) groups is 1. The number of nitrogens with one attached hydrogen (secondary N) is 1. The summed E-state index contributed by atoms with van der Waals surface area (Å²) in [5, 5.41) is 10.5. The van der Waals surface area contributed by atoms with Gasteiger partial charge in [0.15, 0.2) is 0 Å². The first-order valence-corrected chi connectivity index (χ1v) is 4.91. The smallest absolute Gasteiger partial charge is 0.352 e. The second-order valence-electron chi connectivity index (χ2n) is 3.53. The van der Waals surface area contributed by atoms with E-state index in [9.17, 15) is 4.79 Å². The van der Waals surface area contributed by atoms with E-state index in [-0.39, 0.29) is 5.69 Å². The van der Waals surface area contributed by atoms with Gasteiger partial charge in [0.1, 0.15) is 5.69 Å². The normalized spacial score (nSPS) is 10.9. The Balaban J connectivity index is 2.88. The van der Waals surface area contributed by atoms with E-state index in [1.165, 1.54) is 0 Å². The van der Waals surface area contributed by atoms with Gasteiger partial charge >= 0.3 is 5.97 Å². The van der Waals surface area contributed by atoms with Crippen LogP contribution in [0.1, 0.15) is 21.6 Å². The third-order valence-electron chi connectivity index (χ3n) is 2.64. The number of aromatic carboxylic acids is 1. The van der Waals surface area contributed by atoms with E-state index in [0.717, 1.165) is 22.0 Å². The van der Waals surface area contributed by atoms with Crippen LogP contribution in [0.25, 0.3) is 10.9 Å². The van der Waals surface area contributed by atoms with Crippen LogP contribution < -0.4 is 0 Å². The number of H-pyrrole nitrogens is 1. The van der Waals surface area contributed by atoms with E-state index in [0.29, 0.717) is 5.02 Å². The molecule has 78 valence electrons. The number of benzene rings is 1. The van der Waals surface area contributed by atoms with Gasteiger partial charge in [0.05, 0.1) is 5.52 Å². The molecular weight excluding hydrogens is 214 g/mol. The van der Waals surface area contributed by atoms with Gasteiger partial charge < -0.3 is 10.1 Å². The van der Waals surface area contributed by atoms with Crippen LogP contribution in [-0.4, -0.2) is 16.1 Å². The fourth-order valence-corrected chi connectivity index (χ4v) is 1.88. The van der Waals surface area contributed by atoms with Gasteiger partial charge in [0.25, 0.3) is 0 Å². The van der Waals surface area contributed by atoms with Crippen molar-refractivity contribution in [1.29, 1.82) is 0 Å². The van der Waals surface area contributed by atoms with E-state index < -0.39 is 5.97 Å². The topological polar surface area (TPSA) is 53.1 Å². The Kier molecular flexibility index (Phi) is 2.20. The average molecular weight is 224 g/mol. The number of fused-ring (bicyclic) bond motifs is 1. The number of carboxylic acid groups (broad SMARTS) is 1. The Hall–Kier alpha value is -1.48. The molecule has 0 aliphatic carbocycles. The lowest BCUT2D eigenvalue weighted by molar-refractivity contribution is 0.0691. The average Bonchev–Trinajstić information content (AvgIpc) is 2.51. The Morgan fingerprint density at radius 2 is 2.00 bits per heavy atom. The summed E-state index contributed by atoms with van der Waals surface area (Å²) in [5.41, 5.74) is 2.66. The Labute approximate surface area is 91.7 Å². The molecule has 2 rings (SSSR count). The molecule has 4 heteroatoms. The highest BCUT2D eigenvalue weighted by atomic mass is 35.5. The molecule has 1 aromatic carbocycles. The van der Waals surface area contributed by atoms with E-state index in [4.69, 9.17) is 16.7 Å². The van der Waals surface area contributed by atoms with Gasteiger partial charge in [-0.25, -0.2) is 4.79 Å². The summed E-state index contributed by atoms with van der Waals surface area (Å²) in [4.78, 5) is 13.8. The Bertz CT molecular complexity index is 557. The fourth-order valence-electron chi connectivity index (χ4n) is 1.73. The van der Waals surface area contributed by atoms with Crippen molar-refractivity contribution in [2.24, 2.45) is 0 Å². The zero-order valence-electron chi connectivity index (χ0n) is 8.39. The maximum Gasteiger partial charge on any atom is 0.352 e. The van der Waals surface area contributed by atoms with Gasteiger partial charge in [-0.3, -0.25) is 0 Å². The molecule has 0 radical (unpaired) electrons. The molecule has 0 atom stereocenters. The highest BCUT2D eigenvalue weighted by Crippen LogP contribution is 2.28. The Morgan fingerprint density at radius 3 is 2.60 bits per heavy atom. The number of hydrogen-bond donors (Lipinski definition) is 2. The lowest BCUT2D eigenvalue weighted by Gasteiger charge is -1.98. The van der Waals surface area contributed by atoms with Crippen molar-refractivity contribution in [3.8, 4) is 0 Å². The number of aryl methyl sites for hydroxylation is 2. The number of rotatable bonds is 1. The van der Waals surface area contributed by atoms with Gasteiger partial charge in [-0.2, -0.15) is 0 Å². The standard InChI is InChI=1S/C11H10ClNO2/c1-5-7-3-4-8(12)6(2)9(7)13-10(5)11(14)15/h3-4,13H,1-2H3,(H,14,15). The third-order valence-corrected chi connectivity index (χ3v) is 3.05. The Morgan fingerprint density at radius 1 is 1.33 bits per heavy atom. The summed E-state index contributed by atoms with van der Waals surface area (Å²) in [6.07, 6.45) is 0. The van der Waals surface area contributed by atoms with Crippen LogP contribution in [0, 0.1) is 13.8 Å². The number of halogens is 1. The van der Waals surface area contributed by atoms with Crippen molar-refractivity contribution in [3.05, 3.63) is 34.0 Å². The first-order chi connectivity index (χ1) is 7.02. The lowest BCUT2D eigenvalue weighted by Crippen LogP contribution is -1.98. The highest BCUT2D eigenvalue weighted by Gasteiger charge is 2.15. The summed E-state index contributed by atoms with van der Waals surface area (Å²) in [6.45, 7) is 3.65. The summed E-state index contributed by atoms with van der Waals surface area (Å²) in [6, 6.07) is 3.62. The predicted octanol–water partition coefficient (Wildman–Crippen LogP) is 3.14. The van der Waals surface area contributed by atoms with Crippen molar-refractivity contribution in [2.45, 2.75) is 13.8 Å². The van der Waals surface area contributed by atoms with Crippen molar-refractivity contribution in [2.75, 3.05) is 0 Å². The monoisotopic (exact) mass is 223 g/mol. The molecule has 2 aromatic rings. The molecule has 0 bridgehead atoms. The molecule has 15 heavy (non-hydrogen) atoms. The van der Waals surface area contributed by atoms with E-state index >= 15 is 0 Å². The van der Waals surface area contributed by atoms with Crippen LogP contribution in [-0.2, 0) is 0 Å². The third kappa shape index (κ3) is 1.39. The quantitative estimate of drug-likeness (QED) is 0.780. The maximum absolute atomic E-state index is 10.9. The number of carboxylic acids is 1. The van der Waals surface area contributed by atoms with Crippen LogP contribution in [0.5, 0.6) is 0 Å². The predicted molar refractivity (Wildman–Crippen MR) is 59.7 cm³/mol. The second kappa shape index (κ2) is 3.28. The molecule has 3 nitrogen and oxygen atoms in total. The summed E-state index contributed by atoms with van der Waals surface area (Å²) in [5.74, 6) is -0.945. The second-order valence-corrected chi connectivity index (χ2v) is 3.93. The van der Waals surface area contributed by atoms with Crippen LogP contribution in [0.2, 0.25) is 5.02 Å². The van der Waals surface area contributed by atoms with Crippen molar-refractivity contribution in [3.63, 3.8) is 0 Å². The molecule has 0 amide bonds. The minimum atomic E-state index is -0.945. The minimum absolute atomic E-state index is 0.232. The lowest BCUT2D eigenvalue weighted by atomic mass is 10.1. The van der Waals surface area contributed by atoms with Crippen LogP contribution >= 0.6 is 11.6 Å². The van der Waals surface area contributed by atoms with Crippen molar-refractivity contribution >= 4 is 28.5 Å². The largest absolute Gasteiger partial charge is 0.477 e. The van der Waals surface area contributed by atoms with Crippen molar-refractivity contribution < 1.29 is 9.90 Å². The molecular formula is C11H10ClNO2. The molecule has 0 aliphatic rings. The molecule has 0 fully saturated rings. The van der Waals surface area contributed by atoms with Crippen LogP contribution in [0.3, 0.4) is 0 Å². The molecule has 1 aromatic heterocycles. The van der Waals surface area contributed by atoms with Crippen LogP contribution in [0.15, 0.2) is 12.1 Å². The van der Waals surface area contributed by atoms with Gasteiger partial charge in [-0.1, -0.05) is 17.7 Å². The van der Waals surface area contributed by atoms with E-state index in [1.807, 2.05) is 13.0 Å². The zero-order chi connectivity index (χ0) is 11.2. The number of aromatic nitrogens is 1. The molecule has 0 aliphatic heterocycles. The molecule has 0 unspecified atom stereocenters. The molecule has 2 N–H and O–H groups in total. The molecule has 0 saturated heterocycles. The zero-order valence-corrected chi connectivity index (χ0v) is 9.14. The first-order valence-electron chi connectivity index (χ1n) is 4.53. The summed E-state index contributed by atoms with van der Waals surface area (Å²) < 4.78 is 0. The highest BCUT2D eigenvalue weighted by molar-refractivity contribution is 6.32. The van der Waals surface area contributed by atoms with Gasteiger partial charge in [0, 0.05) is 10.4 Å². The summed E-state index contributed by atoms with van der Waals surface area (Å²) in [7, 11) is 0. The van der Waals surface area contributed by atoms with Gasteiger partial charge in [0.2, 0.25) is 0 Å². The first kappa shape index (κ1) is 10.1. The summed E-state index contributed by atoms with van der Waals surface area (Å²) >= 11 is 5.96. The van der Waals surface area contributed by atoms with E-state index in [2.05, 4.69) is 4.98 Å². The number of hydrogen-bond acceptors (Lipinski definition) is 1. The fraction of sp³-hybridized carbons (Fsp3) is 0.182. The van der Waals surface area contributed by atoms with Crippen molar-refractivity contribution in [1.82, 2.24) is 4.98 Å². The van der Waals surface area contributed by atoms with Gasteiger partial charge in [-0.15, -0.1) is 0 Å². The number of aromatic amines is 1. The maximum atomic E-state index is 10.9. The van der Waals surface area contributed by atoms with Gasteiger partial charge in [-0.05, 0) is 31.0 Å². The minimum Gasteiger partial charge on any atom is -0.477 e.